The number of benzene rings is 1. The number of aromatic amines is 1. The molecule has 8 heteroatoms. The van der Waals surface area contributed by atoms with Crippen molar-refractivity contribution in [2.75, 3.05) is 10.5 Å². The highest BCUT2D eigenvalue weighted by atomic mass is 79.9. The average molecular weight is 331 g/mol. The molecule has 0 aliphatic heterocycles. The van der Waals surface area contributed by atoms with Crippen LogP contribution in [0, 0.1) is 6.92 Å². The fourth-order valence-electron chi connectivity index (χ4n) is 1.36. The van der Waals surface area contributed by atoms with Gasteiger partial charge in [0.1, 0.15) is 0 Å². The maximum atomic E-state index is 12.0. The molecule has 4 N–H and O–H groups in total. The number of halogens is 1. The standard InChI is InChI=1S/C10H11BrN4O2S/c1-6-4-10(14-13-6)15-18(16,17)7-2-3-8(11)9(12)5-7/h2-5H,12H2,1H3,(H2,13,14,15). The Kier molecular flexibility index (Phi) is 3.31. The van der Waals surface area contributed by atoms with Gasteiger partial charge in [0.25, 0.3) is 10.0 Å². The molecule has 0 aliphatic rings. The van der Waals surface area contributed by atoms with Crippen LogP contribution in [0.5, 0.6) is 0 Å². The number of nitrogens with one attached hydrogen (secondary N) is 2. The summed E-state index contributed by atoms with van der Waals surface area (Å²) in [6.45, 7) is 1.78. The Hall–Kier alpha value is -1.54. The van der Waals surface area contributed by atoms with Crippen molar-refractivity contribution in [2.24, 2.45) is 0 Å². The number of H-pyrrole nitrogens is 1. The van der Waals surface area contributed by atoms with Gasteiger partial charge in [-0.1, -0.05) is 0 Å². The number of aryl methyl sites for hydroxylation is 1. The fourth-order valence-corrected chi connectivity index (χ4v) is 2.63. The van der Waals surface area contributed by atoms with E-state index in [9.17, 15) is 8.42 Å². The van der Waals surface area contributed by atoms with Crippen molar-refractivity contribution in [1.29, 1.82) is 0 Å². The van der Waals surface area contributed by atoms with Crippen LogP contribution < -0.4 is 10.5 Å². The van der Waals surface area contributed by atoms with Crippen LogP contribution in [-0.2, 0) is 10.0 Å². The molecule has 0 saturated heterocycles. The van der Waals surface area contributed by atoms with Crippen molar-refractivity contribution < 1.29 is 8.42 Å². The summed E-state index contributed by atoms with van der Waals surface area (Å²) in [4.78, 5) is 0.0869. The molecule has 0 amide bonds. The minimum absolute atomic E-state index is 0.0869. The van der Waals surface area contributed by atoms with Crippen LogP contribution in [0.25, 0.3) is 0 Å². The summed E-state index contributed by atoms with van der Waals surface area (Å²) in [5.41, 5.74) is 6.78. The number of nitrogen functional groups attached to an aromatic ring is 1. The lowest BCUT2D eigenvalue weighted by atomic mass is 10.3. The van der Waals surface area contributed by atoms with Crippen LogP contribution in [0.3, 0.4) is 0 Å². The van der Waals surface area contributed by atoms with E-state index in [1.165, 1.54) is 12.1 Å². The van der Waals surface area contributed by atoms with Gasteiger partial charge in [0.05, 0.1) is 4.90 Å². The van der Waals surface area contributed by atoms with Crippen LogP contribution in [-0.4, -0.2) is 18.6 Å². The molecule has 0 radical (unpaired) electrons. The summed E-state index contributed by atoms with van der Waals surface area (Å²) >= 11 is 3.21. The Balaban J connectivity index is 2.33. The number of anilines is 2. The summed E-state index contributed by atoms with van der Waals surface area (Å²) in [5.74, 6) is 0.244. The third-order valence-electron chi connectivity index (χ3n) is 2.22. The predicted molar refractivity (Wildman–Crippen MR) is 72.7 cm³/mol. The Morgan fingerprint density at radius 3 is 2.67 bits per heavy atom. The molecule has 6 nitrogen and oxygen atoms in total. The lowest BCUT2D eigenvalue weighted by Gasteiger charge is -2.06. The van der Waals surface area contributed by atoms with Crippen LogP contribution in [0.1, 0.15) is 5.69 Å². The average Bonchev–Trinajstić information content (AvgIpc) is 2.67. The van der Waals surface area contributed by atoms with Crippen LogP contribution in [0.2, 0.25) is 0 Å². The van der Waals surface area contributed by atoms with Crippen molar-refractivity contribution in [2.45, 2.75) is 11.8 Å². The first-order chi connectivity index (χ1) is 8.38. The Bertz CT molecular complexity index is 681. The van der Waals surface area contributed by atoms with Crippen molar-refractivity contribution in [1.82, 2.24) is 10.2 Å². The van der Waals surface area contributed by atoms with E-state index in [4.69, 9.17) is 5.73 Å². The maximum absolute atomic E-state index is 12.0. The van der Waals surface area contributed by atoms with Gasteiger partial charge in [-0.05, 0) is 41.1 Å². The lowest BCUT2D eigenvalue weighted by molar-refractivity contribution is 0.601. The maximum Gasteiger partial charge on any atom is 0.263 e. The summed E-state index contributed by atoms with van der Waals surface area (Å²) in [6, 6.07) is 6.02. The van der Waals surface area contributed by atoms with Crippen LogP contribution in [0.15, 0.2) is 33.6 Å². The second kappa shape index (κ2) is 4.62. The van der Waals surface area contributed by atoms with Crippen molar-refractivity contribution in [3.05, 3.63) is 34.4 Å². The number of hydrogen-bond acceptors (Lipinski definition) is 4. The summed E-state index contributed by atoms with van der Waals surface area (Å²) in [7, 11) is -3.67. The zero-order chi connectivity index (χ0) is 13.3. The minimum atomic E-state index is -3.67. The van der Waals surface area contributed by atoms with Crippen LogP contribution in [0.4, 0.5) is 11.5 Å². The smallest absolute Gasteiger partial charge is 0.263 e. The molecule has 2 rings (SSSR count). The highest BCUT2D eigenvalue weighted by Crippen LogP contribution is 2.23. The van der Waals surface area contributed by atoms with Crippen molar-refractivity contribution >= 4 is 37.5 Å². The van der Waals surface area contributed by atoms with Gasteiger partial charge in [-0.25, -0.2) is 8.42 Å². The van der Waals surface area contributed by atoms with Gasteiger partial charge in [0.2, 0.25) is 0 Å². The quantitative estimate of drug-likeness (QED) is 0.747. The summed E-state index contributed by atoms with van der Waals surface area (Å²) in [5, 5.41) is 6.46. The van der Waals surface area contributed by atoms with Gasteiger partial charge >= 0.3 is 0 Å². The number of aromatic nitrogens is 2. The largest absolute Gasteiger partial charge is 0.398 e. The molecule has 0 spiro atoms. The summed E-state index contributed by atoms with van der Waals surface area (Å²) < 4.78 is 27.1. The molecular weight excluding hydrogens is 320 g/mol. The predicted octanol–water partition coefficient (Wildman–Crippen LogP) is 1.86. The Labute approximate surface area is 113 Å². The number of sulfonamides is 1. The van der Waals surface area contributed by atoms with E-state index in [1.54, 1.807) is 19.1 Å². The first-order valence-electron chi connectivity index (χ1n) is 4.98. The van der Waals surface area contributed by atoms with Crippen molar-refractivity contribution in [3.63, 3.8) is 0 Å². The van der Waals surface area contributed by atoms with E-state index >= 15 is 0 Å². The number of nitrogens with zero attached hydrogens (tertiary/aromatic N) is 1. The first-order valence-corrected chi connectivity index (χ1v) is 7.26. The normalized spacial score (nSPS) is 11.4. The SMILES string of the molecule is Cc1cc(NS(=O)(=O)c2ccc(Br)c(N)c2)n[nH]1. The van der Waals surface area contributed by atoms with Crippen molar-refractivity contribution in [3.8, 4) is 0 Å². The zero-order valence-electron chi connectivity index (χ0n) is 9.44. The molecule has 96 valence electrons. The monoisotopic (exact) mass is 330 g/mol. The van der Waals surface area contributed by atoms with E-state index in [1.807, 2.05) is 0 Å². The molecule has 0 fully saturated rings. The van der Waals surface area contributed by atoms with Gasteiger partial charge in [0.15, 0.2) is 5.82 Å². The van der Waals surface area contributed by atoms with E-state index < -0.39 is 10.0 Å². The molecule has 1 aromatic carbocycles. The summed E-state index contributed by atoms with van der Waals surface area (Å²) in [6.07, 6.45) is 0. The van der Waals surface area contributed by atoms with E-state index in [0.717, 1.165) is 5.69 Å². The topological polar surface area (TPSA) is 101 Å². The van der Waals surface area contributed by atoms with E-state index in [0.29, 0.717) is 10.2 Å². The molecule has 0 saturated carbocycles. The van der Waals surface area contributed by atoms with Gasteiger partial charge in [-0.15, -0.1) is 0 Å². The molecule has 0 unspecified atom stereocenters. The number of nitrogens with two attached hydrogens (primary N) is 1. The second-order valence-electron chi connectivity index (χ2n) is 3.73. The van der Waals surface area contributed by atoms with Gasteiger partial charge in [0, 0.05) is 21.9 Å². The van der Waals surface area contributed by atoms with Gasteiger partial charge < -0.3 is 5.73 Å². The highest BCUT2D eigenvalue weighted by Gasteiger charge is 2.16. The first kappa shape index (κ1) is 12.9. The molecule has 0 atom stereocenters. The Morgan fingerprint density at radius 1 is 1.39 bits per heavy atom. The number of rotatable bonds is 3. The van der Waals surface area contributed by atoms with Crippen LogP contribution >= 0.6 is 15.9 Å². The lowest BCUT2D eigenvalue weighted by Crippen LogP contribution is -2.13. The molecule has 18 heavy (non-hydrogen) atoms. The third-order valence-corrected chi connectivity index (χ3v) is 4.30. The van der Waals surface area contributed by atoms with E-state index in [2.05, 4.69) is 30.8 Å². The Morgan fingerprint density at radius 2 is 2.11 bits per heavy atom. The molecule has 0 bridgehead atoms. The second-order valence-corrected chi connectivity index (χ2v) is 6.26. The van der Waals surface area contributed by atoms with Gasteiger partial charge in [-0.3, -0.25) is 9.82 Å². The van der Waals surface area contributed by atoms with E-state index in [-0.39, 0.29) is 10.7 Å². The molecule has 2 aromatic rings. The molecule has 0 aliphatic carbocycles. The zero-order valence-corrected chi connectivity index (χ0v) is 11.8. The molecule has 1 heterocycles. The van der Waals surface area contributed by atoms with Gasteiger partial charge in [-0.2, -0.15) is 5.10 Å². The molecule has 1 aromatic heterocycles. The highest BCUT2D eigenvalue weighted by molar-refractivity contribution is 9.10. The third kappa shape index (κ3) is 2.65. The molecular formula is C10H11BrN4O2S. The number of hydrogen-bond donors (Lipinski definition) is 3. The minimum Gasteiger partial charge on any atom is -0.398 e. The fraction of sp³-hybridized carbons (Fsp3) is 0.100.